The highest BCUT2D eigenvalue weighted by atomic mass is 19.2. The number of amides is 1. The van der Waals surface area contributed by atoms with Crippen LogP contribution < -0.4 is 5.73 Å². The van der Waals surface area contributed by atoms with Crippen molar-refractivity contribution >= 4 is 23.1 Å². The molecule has 0 radical (unpaired) electrons. The number of alkyl halides is 1. The number of carbonyl (C=O) groups is 1. The number of halogens is 1. The van der Waals surface area contributed by atoms with Gasteiger partial charge in [-0.2, -0.15) is 0 Å². The van der Waals surface area contributed by atoms with Crippen LogP contribution in [0, 0.1) is 12.3 Å². The van der Waals surface area contributed by atoms with E-state index in [4.69, 9.17) is 16.9 Å². The molecule has 4 atom stereocenters. The van der Waals surface area contributed by atoms with Gasteiger partial charge in [0, 0.05) is 6.54 Å². The van der Waals surface area contributed by atoms with Crippen molar-refractivity contribution in [2.75, 3.05) is 18.9 Å². The summed E-state index contributed by atoms with van der Waals surface area (Å²) in [5.74, 6) is -0.899. The summed E-state index contributed by atoms with van der Waals surface area (Å²) in [5, 5.41) is 30.3. The molecule has 0 aromatic carbocycles. The Balaban J connectivity index is 2.19. The van der Waals surface area contributed by atoms with Crippen LogP contribution in [0.25, 0.3) is 11.2 Å². The number of hydrogen-bond acceptors (Lipinski definition) is 8. The first kappa shape index (κ1) is 19.7. The van der Waals surface area contributed by atoms with Crippen LogP contribution in [0.2, 0.25) is 0 Å². The fraction of sp³-hybridized carbons (Fsp3) is 0.500. The van der Waals surface area contributed by atoms with Gasteiger partial charge in [-0.1, -0.05) is 12.8 Å². The van der Waals surface area contributed by atoms with Crippen LogP contribution in [-0.4, -0.2) is 76.5 Å². The van der Waals surface area contributed by atoms with Crippen LogP contribution >= 0.6 is 0 Å². The minimum Gasteiger partial charge on any atom is -0.465 e. The molecule has 1 fully saturated rings. The Morgan fingerprint density at radius 2 is 2.25 bits per heavy atom. The SMILES string of the molecule is C#C[C@@]1(O)[C@H](n2cnc3c(N)ncnc32)O[C@@](F)(CO)[C@H]1N(CCC)C(=O)O. The second-order valence-corrected chi connectivity index (χ2v) is 6.35. The lowest BCUT2D eigenvalue weighted by Crippen LogP contribution is -2.61. The zero-order valence-corrected chi connectivity index (χ0v) is 14.9. The van der Waals surface area contributed by atoms with Crippen molar-refractivity contribution in [3.8, 4) is 12.3 Å². The lowest BCUT2D eigenvalue weighted by atomic mass is 9.89. The van der Waals surface area contributed by atoms with Gasteiger partial charge in [0.05, 0.1) is 6.33 Å². The van der Waals surface area contributed by atoms with Crippen molar-refractivity contribution in [2.24, 2.45) is 0 Å². The highest BCUT2D eigenvalue weighted by molar-refractivity contribution is 5.81. The Hall–Kier alpha value is -3.01. The highest BCUT2D eigenvalue weighted by Gasteiger charge is 2.68. The number of nitrogens with zero attached hydrogens (tertiary/aromatic N) is 5. The predicted octanol–water partition coefficient (Wildman–Crippen LogP) is -0.282. The number of aromatic nitrogens is 4. The average molecular weight is 394 g/mol. The van der Waals surface area contributed by atoms with Crippen molar-refractivity contribution in [3.05, 3.63) is 12.7 Å². The predicted molar refractivity (Wildman–Crippen MR) is 93.4 cm³/mol. The smallest absolute Gasteiger partial charge is 0.407 e. The topological polar surface area (TPSA) is 160 Å². The lowest BCUT2D eigenvalue weighted by molar-refractivity contribution is -0.194. The third-order valence-electron chi connectivity index (χ3n) is 4.62. The van der Waals surface area contributed by atoms with E-state index >= 15 is 4.39 Å². The average Bonchev–Trinajstić information content (AvgIpc) is 3.19. The summed E-state index contributed by atoms with van der Waals surface area (Å²) in [5.41, 5.74) is 3.49. The molecule has 0 aliphatic carbocycles. The molecule has 1 aliphatic heterocycles. The zero-order valence-electron chi connectivity index (χ0n) is 14.9. The largest absolute Gasteiger partial charge is 0.465 e. The molecule has 12 heteroatoms. The highest BCUT2D eigenvalue weighted by Crippen LogP contribution is 2.48. The summed E-state index contributed by atoms with van der Waals surface area (Å²) in [6.07, 6.45) is 4.94. The van der Waals surface area contributed by atoms with Crippen LogP contribution in [0.4, 0.5) is 15.0 Å². The third kappa shape index (κ3) is 2.71. The third-order valence-corrected chi connectivity index (χ3v) is 4.62. The number of aliphatic hydroxyl groups excluding tert-OH is 1. The summed E-state index contributed by atoms with van der Waals surface area (Å²) in [7, 11) is 0. The molecule has 2 aromatic rings. The van der Waals surface area contributed by atoms with E-state index in [-0.39, 0.29) is 23.5 Å². The summed E-state index contributed by atoms with van der Waals surface area (Å²) >= 11 is 0. The summed E-state index contributed by atoms with van der Waals surface area (Å²) < 4.78 is 21.9. The Morgan fingerprint density at radius 1 is 1.54 bits per heavy atom. The molecule has 1 saturated heterocycles. The van der Waals surface area contributed by atoms with Gasteiger partial charge in [0.15, 0.2) is 23.3 Å². The minimum absolute atomic E-state index is 0.0364. The van der Waals surface area contributed by atoms with Crippen LogP contribution in [-0.2, 0) is 4.74 Å². The molecule has 5 N–H and O–H groups in total. The van der Waals surface area contributed by atoms with Crippen LogP contribution in [0.1, 0.15) is 19.6 Å². The first-order valence-electron chi connectivity index (χ1n) is 8.33. The van der Waals surface area contributed by atoms with Gasteiger partial charge in [0.1, 0.15) is 24.5 Å². The maximum absolute atomic E-state index is 15.5. The van der Waals surface area contributed by atoms with Crippen molar-refractivity contribution in [1.82, 2.24) is 24.4 Å². The van der Waals surface area contributed by atoms with E-state index in [0.29, 0.717) is 11.3 Å². The minimum atomic E-state index is -2.98. The molecule has 3 heterocycles. The summed E-state index contributed by atoms with van der Waals surface area (Å²) in [6, 6.07) is -1.91. The fourth-order valence-electron chi connectivity index (χ4n) is 3.43. The molecular formula is C16H19FN6O5. The second-order valence-electron chi connectivity index (χ2n) is 6.35. The molecule has 0 saturated carbocycles. The monoisotopic (exact) mass is 394 g/mol. The number of carboxylic acid groups (broad SMARTS) is 1. The van der Waals surface area contributed by atoms with E-state index in [0.717, 1.165) is 17.2 Å². The molecule has 1 aliphatic rings. The number of fused-ring (bicyclic) bond motifs is 1. The van der Waals surface area contributed by atoms with Gasteiger partial charge < -0.3 is 25.8 Å². The van der Waals surface area contributed by atoms with E-state index in [1.54, 1.807) is 6.92 Å². The van der Waals surface area contributed by atoms with Gasteiger partial charge in [0.25, 0.3) is 5.85 Å². The van der Waals surface area contributed by atoms with Crippen molar-refractivity contribution < 1.29 is 29.2 Å². The molecule has 3 rings (SSSR count). The first-order chi connectivity index (χ1) is 13.2. The number of nitrogen functional groups attached to an aromatic ring is 1. The Kier molecular flexibility index (Phi) is 4.84. The molecule has 0 bridgehead atoms. The van der Waals surface area contributed by atoms with Crippen LogP contribution in [0.5, 0.6) is 0 Å². The molecular weight excluding hydrogens is 375 g/mol. The molecule has 1 amide bonds. The number of aliphatic hydroxyl groups is 2. The number of nitrogens with two attached hydrogens (primary N) is 1. The first-order valence-corrected chi connectivity index (χ1v) is 8.33. The zero-order chi connectivity index (χ0) is 20.7. The number of terminal acetylenes is 1. The molecule has 11 nitrogen and oxygen atoms in total. The van der Waals surface area contributed by atoms with Crippen LogP contribution in [0.3, 0.4) is 0 Å². The van der Waals surface area contributed by atoms with E-state index in [1.165, 1.54) is 0 Å². The standard InChI is InChI=1S/C16H19FN6O5/c1-3-5-22(14(25)26)12-15(27,4-2)13(28-16(12,17)6-24)23-8-21-9-10(18)19-7-20-11(9)23/h2,7-8,12-13,24,27H,3,5-6H2,1H3,(H,25,26)(H2,18,19,20)/t12-,13+,15-,16-/m0/s1. The normalized spacial score (nSPS) is 29.7. The number of ether oxygens (including phenoxy) is 1. The quantitative estimate of drug-likeness (QED) is 0.500. The fourth-order valence-corrected chi connectivity index (χ4v) is 3.43. The number of anilines is 1. The summed E-state index contributed by atoms with van der Waals surface area (Å²) in [4.78, 5) is 24.1. The molecule has 150 valence electrons. The van der Waals surface area contributed by atoms with Crippen molar-refractivity contribution in [2.45, 2.75) is 37.1 Å². The Morgan fingerprint density at radius 3 is 2.82 bits per heavy atom. The molecule has 0 spiro atoms. The lowest BCUT2D eigenvalue weighted by Gasteiger charge is -2.37. The van der Waals surface area contributed by atoms with Gasteiger partial charge >= 0.3 is 6.09 Å². The molecule has 2 aromatic heterocycles. The second kappa shape index (κ2) is 6.86. The van der Waals surface area contributed by atoms with Gasteiger partial charge in [0.2, 0.25) is 0 Å². The maximum Gasteiger partial charge on any atom is 0.407 e. The Labute approximate surface area is 158 Å². The summed E-state index contributed by atoms with van der Waals surface area (Å²) in [6.45, 7) is 0.279. The van der Waals surface area contributed by atoms with Gasteiger partial charge in [-0.05, 0) is 6.42 Å². The van der Waals surface area contributed by atoms with Gasteiger partial charge in [-0.3, -0.25) is 9.47 Å². The number of imidazole rings is 1. The number of hydrogen-bond donors (Lipinski definition) is 4. The van der Waals surface area contributed by atoms with Crippen molar-refractivity contribution in [1.29, 1.82) is 0 Å². The van der Waals surface area contributed by atoms with E-state index < -0.39 is 36.4 Å². The maximum atomic E-state index is 15.5. The van der Waals surface area contributed by atoms with E-state index in [2.05, 4.69) is 15.0 Å². The van der Waals surface area contributed by atoms with Crippen LogP contribution in [0.15, 0.2) is 12.7 Å². The number of rotatable bonds is 5. The molecule has 28 heavy (non-hydrogen) atoms. The van der Waals surface area contributed by atoms with Gasteiger partial charge in [-0.15, -0.1) is 6.42 Å². The van der Waals surface area contributed by atoms with Crippen molar-refractivity contribution in [3.63, 3.8) is 0 Å². The molecule has 0 unspecified atom stereocenters. The Bertz CT molecular complexity index is 947. The van der Waals surface area contributed by atoms with E-state index in [9.17, 15) is 20.1 Å². The van der Waals surface area contributed by atoms with Gasteiger partial charge in [-0.25, -0.2) is 24.1 Å². The van der Waals surface area contributed by atoms with E-state index in [1.807, 2.05) is 5.92 Å².